The molecule has 2 fully saturated rings. The van der Waals surface area contributed by atoms with Gasteiger partial charge >= 0.3 is 0 Å². The van der Waals surface area contributed by atoms with E-state index in [0.29, 0.717) is 18.0 Å². The van der Waals surface area contributed by atoms with Crippen molar-refractivity contribution in [3.05, 3.63) is 54.5 Å². The van der Waals surface area contributed by atoms with E-state index >= 15 is 0 Å². The van der Waals surface area contributed by atoms with Crippen molar-refractivity contribution in [1.82, 2.24) is 30.7 Å². The van der Waals surface area contributed by atoms with E-state index < -0.39 is 0 Å². The molecular formula is C24H24N6O. The molecule has 2 bridgehead atoms. The van der Waals surface area contributed by atoms with Crippen LogP contribution in [0, 0.1) is 6.92 Å². The zero-order valence-corrected chi connectivity index (χ0v) is 17.4. The third kappa shape index (κ3) is 3.45. The number of fused-ring (bicyclic) bond motifs is 3. The number of aromatic amines is 1. The van der Waals surface area contributed by atoms with E-state index in [1.165, 1.54) is 12.8 Å². The van der Waals surface area contributed by atoms with Crippen molar-refractivity contribution in [2.75, 3.05) is 0 Å². The maximum atomic E-state index is 6.15. The lowest BCUT2D eigenvalue weighted by Gasteiger charge is -2.28. The van der Waals surface area contributed by atoms with E-state index in [1.807, 2.05) is 37.5 Å². The van der Waals surface area contributed by atoms with Crippen molar-refractivity contribution in [1.29, 1.82) is 0 Å². The maximum Gasteiger partial charge on any atom is 0.233 e. The molecule has 4 aromatic rings. The number of hydrogen-bond acceptors (Lipinski definition) is 6. The average molecular weight is 412 g/mol. The minimum atomic E-state index is 0.223. The van der Waals surface area contributed by atoms with E-state index in [4.69, 9.17) is 4.74 Å². The van der Waals surface area contributed by atoms with Crippen molar-refractivity contribution in [2.24, 2.45) is 0 Å². The second kappa shape index (κ2) is 7.42. The first-order valence-corrected chi connectivity index (χ1v) is 10.9. The summed E-state index contributed by atoms with van der Waals surface area (Å²) < 4.78 is 6.15. The van der Waals surface area contributed by atoms with Gasteiger partial charge in [0.05, 0.1) is 17.4 Å². The van der Waals surface area contributed by atoms with Crippen LogP contribution in [0.5, 0.6) is 5.88 Å². The van der Waals surface area contributed by atoms with Crippen LogP contribution in [-0.4, -0.2) is 43.6 Å². The second-order valence-corrected chi connectivity index (χ2v) is 8.61. The summed E-state index contributed by atoms with van der Waals surface area (Å²) in [4.78, 5) is 4.30. The molecule has 5 heterocycles. The zero-order chi connectivity index (χ0) is 20.8. The molecule has 2 N–H and O–H groups in total. The summed E-state index contributed by atoms with van der Waals surface area (Å²) in [6.45, 7) is 2.00. The number of nitrogens with one attached hydrogen (secondary N) is 2. The summed E-state index contributed by atoms with van der Waals surface area (Å²) >= 11 is 0. The Kier molecular flexibility index (Phi) is 4.42. The van der Waals surface area contributed by atoms with E-state index in [2.05, 4.69) is 48.9 Å². The summed E-state index contributed by atoms with van der Waals surface area (Å²) in [5.74, 6) is 0.597. The van der Waals surface area contributed by atoms with Gasteiger partial charge in [-0.1, -0.05) is 6.07 Å². The summed E-state index contributed by atoms with van der Waals surface area (Å²) in [5, 5.41) is 21.0. The third-order valence-corrected chi connectivity index (χ3v) is 6.46. The fourth-order valence-corrected chi connectivity index (χ4v) is 5.01. The van der Waals surface area contributed by atoms with E-state index in [-0.39, 0.29) is 6.10 Å². The Balaban J connectivity index is 1.28. The molecule has 2 aliphatic heterocycles. The molecule has 156 valence electrons. The average Bonchev–Trinajstić information content (AvgIpc) is 3.40. The summed E-state index contributed by atoms with van der Waals surface area (Å²) in [6.07, 6.45) is 8.52. The van der Waals surface area contributed by atoms with Crippen molar-refractivity contribution in [3.63, 3.8) is 0 Å². The lowest BCUT2D eigenvalue weighted by atomic mass is 9.98. The predicted octanol–water partition coefficient (Wildman–Crippen LogP) is 4.05. The Morgan fingerprint density at radius 2 is 1.81 bits per heavy atom. The Morgan fingerprint density at radius 1 is 0.968 bits per heavy atom. The minimum absolute atomic E-state index is 0.223. The highest BCUT2D eigenvalue weighted by Gasteiger charge is 2.34. The number of hydrogen-bond donors (Lipinski definition) is 2. The molecule has 2 aliphatic rings. The number of aryl methyl sites for hydroxylation is 1. The largest absolute Gasteiger partial charge is 0.473 e. The minimum Gasteiger partial charge on any atom is -0.473 e. The third-order valence-electron chi connectivity index (χ3n) is 6.46. The van der Waals surface area contributed by atoms with Crippen LogP contribution in [0.4, 0.5) is 0 Å². The van der Waals surface area contributed by atoms with Gasteiger partial charge in [0.2, 0.25) is 5.88 Å². The van der Waals surface area contributed by atoms with Gasteiger partial charge in [-0.2, -0.15) is 5.10 Å². The number of H-pyrrole nitrogens is 1. The van der Waals surface area contributed by atoms with Gasteiger partial charge in [-0.15, -0.1) is 10.2 Å². The number of ether oxygens (including phenoxy) is 1. The van der Waals surface area contributed by atoms with Gasteiger partial charge in [0.25, 0.3) is 0 Å². The van der Waals surface area contributed by atoms with Gasteiger partial charge in [0, 0.05) is 41.0 Å². The van der Waals surface area contributed by atoms with Crippen LogP contribution in [0.3, 0.4) is 0 Å². The predicted molar refractivity (Wildman–Crippen MR) is 119 cm³/mol. The molecule has 2 atom stereocenters. The molecule has 1 aromatic carbocycles. The number of aromatic nitrogens is 5. The smallest absolute Gasteiger partial charge is 0.233 e. The molecule has 31 heavy (non-hydrogen) atoms. The molecule has 0 radical (unpaired) electrons. The molecule has 2 saturated heterocycles. The lowest BCUT2D eigenvalue weighted by molar-refractivity contribution is 0.130. The van der Waals surface area contributed by atoms with Crippen LogP contribution >= 0.6 is 0 Å². The van der Waals surface area contributed by atoms with Crippen molar-refractivity contribution in [3.8, 4) is 28.3 Å². The Bertz CT molecular complexity index is 1220. The highest BCUT2D eigenvalue weighted by molar-refractivity contribution is 6.01. The van der Waals surface area contributed by atoms with E-state index in [1.54, 1.807) is 0 Å². The fraction of sp³-hybridized carbons (Fsp3) is 0.333. The van der Waals surface area contributed by atoms with Crippen LogP contribution in [-0.2, 0) is 0 Å². The van der Waals surface area contributed by atoms with Crippen LogP contribution in [0.1, 0.15) is 31.4 Å². The molecule has 2 unspecified atom stereocenters. The van der Waals surface area contributed by atoms with Crippen LogP contribution in [0.2, 0.25) is 0 Å². The first kappa shape index (κ1) is 18.4. The Morgan fingerprint density at radius 3 is 2.58 bits per heavy atom. The SMILES string of the molecule is Cc1cc(-c2ccc(-c3ccc(OC4CC5CCC(C4)N5)nn3)c3[nH]ncc23)ccn1. The standard InChI is InChI=1S/C24H24N6O/c1-14-10-15(8-9-25-14)19-4-5-20(24-21(19)13-26-30-24)22-6-7-23(29-28-22)31-18-11-16-2-3-17(12-18)27-16/h4-10,13,16-18,27H,2-3,11-12H2,1H3,(H,26,30). The van der Waals surface area contributed by atoms with Crippen LogP contribution in [0.25, 0.3) is 33.3 Å². The molecule has 3 aromatic heterocycles. The summed E-state index contributed by atoms with van der Waals surface area (Å²) in [5.41, 5.74) is 5.94. The molecule has 0 amide bonds. The van der Waals surface area contributed by atoms with E-state index in [9.17, 15) is 0 Å². The number of pyridine rings is 1. The lowest BCUT2D eigenvalue weighted by Crippen LogP contribution is -2.42. The van der Waals surface area contributed by atoms with Gasteiger partial charge < -0.3 is 10.1 Å². The van der Waals surface area contributed by atoms with Crippen LogP contribution in [0.15, 0.2) is 48.8 Å². The van der Waals surface area contributed by atoms with Gasteiger partial charge in [0.1, 0.15) is 6.10 Å². The first-order valence-electron chi connectivity index (χ1n) is 10.9. The highest BCUT2D eigenvalue weighted by Crippen LogP contribution is 2.34. The van der Waals surface area contributed by atoms with E-state index in [0.717, 1.165) is 51.8 Å². The molecule has 7 nitrogen and oxygen atoms in total. The van der Waals surface area contributed by atoms with Crippen molar-refractivity contribution < 1.29 is 4.74 Å². The zero-order valence-electron chi connectivity index (χ0n) is 17.4. The summed E-state index contributed by atoms with van der Waals surface area (Å²) in [7, 11) is 0. The van der Waals surface area contributed by atoms with Gasteiger partial charge in [-0.3, -0.25) is 10.1 Å². The number of piperidine rings is 1. The molecule has 0 aliphatic carbocycles. The van der Waals surface area contributed by atoms with Crippen LogP contribution < -0.4 is 10.1 Å². The maximum absolute atomic E-state index is 6.15. The fourth-order valence-electron chi connectivity index (χ4n) is 5.01. The highest BCUT2D eigenvalue weighted by atomic mass is 16.5. The first-order chi connectivity index (χ1) is 15.2. The Labute approximate surface area is 180 Å². The van der Waals surface area contributed by atoms with Crippen molar-refractivity contribution >= 4 is 10.9 Å². The molecular weight excluding hydrogens is 388 g/mol. The monoisotopic (exact) mass is 412 g/mol. The number of benzene rings is 1. The normalized spacial score (nSPS) is 22.7. The second-order valence-electron chi connectivity index (χ2n) is 8.61. The van der Waals surface area contributed by atoms with Crippen molar-refractivity contribution in [2.45, 2.75) is 50.8 Å². The van der Waals surface area contributed by atoms with Gasteiger partial charge in [0.15, 0.2) is 0 Å². The molecule has 0 saturated carbocycles. The number of rotatable bonds is 4. The topological polar surface area (TPSA) is 88.6 Å². The molecule has 6 rings (SSSR count). The molecule has 7 heteroatoms. The summed E-state index contributed by atoms with van der Waals surface area (Å²) in [6, 6.07) is 13.4. The van der Waals surface area contributed by atoms with Gasteiger partial charge in [-0.05, 0) is 68.0 Å². The van der Waals surface area contributed by atoms with Gasteiger partial charge in [-0.25, -0.2) is 0 Å². The molecule has 0 spiro atoms. The quantitative estimate of drug-likeness (QED) is 0.526. The Hall–Kier alpha value is -3.32. The number of nitrogens with zero attached hydrogens (tertiary/aromatic N) is 4.